The van der Waals surface area contributed by atoms with Crippen LogP contribution in [-0.4, -0.2) is 19.6 Å². The van der Waals surface area contributed by atoms with Gasteiger partial charge in [0.15, 0.2) is 6.04 Å². The lowest BCUT2D eigenvalue weighted by Crippen LogP contribution is -3.13. The van der Waals surface area contributed by atoms with Crippen molar-refractivity contribution in [2.24, 2.45) is 0 Å². The number of nitrogens with one attached hydrogen (secondary N) is 1. The highest BCUT2D eigenvalue weighted by Gasteiger charge is 2.25. The van der Waals surface area contributed by atoms with Crippen LogP contribution in [-0.2, 0) is 0 Å². The van der Waals surface area contributed by atoms with Gasteiger partial charge in [-0.25, -0.2) is 0 Å². The van der Waals surface area contributed by atoms with E-state index in [0.717, 1.165) is 6.54 Å². The maximum absolute atomic E-state index is 4.17. The zero-order valence-electron chi connectivity index (χ0n) is 11.0. The van der Waals surface area contributed by atoms with E-state index in [-0.39, 0.29) is 0 Å². The predicted octanol–water partition coefficient (Wildman–Crippen LogP) is 0.737. The second-order valence-electron chi connectivity index (χ2n) is 5.32. The molecule has 1 saturated heterocycles. The highest BCUT2D eigenvalue weighted by molar-refractivity contribution is 5.22. The molecule has 94 valence electrons. The van der Waals surface area contributed by atoms with E-state index in [2.05, 4.69) is 36.9 Å². The maximum atomic E-state index is 4.17. The molecule has 1 fully saturated rings. The van der Waals surface area contributed by atoms with Gasteiger partial charge in [-0.1, -0.05) is 29.8 Å². The van der Waals surface area contributed by atoms with Crippen molar-refractivity contribution in [1.82, 2.24) is 0 Å². The molecule has 2 nitrogen and oxygen atoms in total. The van der Waals surface area contributed by atoms with Gasteiger partial charge in [0, 0.05) is 5.56 Å². The molecule has 1 atom stereocenters. The number of rotatable bonds is 3. The van der Waals surface area contributed by atoms with Crippen molar-refractivity contribution >= 4 is 0 Å². The molecule has 4 N–H and O–H groups in total. The van der Waals surface area contributed by atoms with Crippen molar-refractivity contribution in [2.45, 2.75) is 38.6 Å². The Bertz CT molecular complexity index is 323. The fourth-order valence-corrected chi connectivity index (χ4v) is 2.94. The number of aryl methyl sites for hydroxylation is 1. The van der Waals surface area contributed by atoms with Crippen LogP contribution in [0.1, 0.15) is 42.9 Å². The molecule has 1 aliphatic heterocycles. The van der Waals surface area contributed by atoms with Crippen molar-refractivity contribution in [1.29, 1.82) is 0 Å². The van der Waals surface area contributed by atoms with Gasteiger partial charge in [-0.15, -0.1) is 0 Å². The molecule has 2 rings (SSSR count). The molecule has 1 aliphatic rings. The zero-order valence-corrected chi connectivity index (χ0v) is 11.0. The van der Waals surface area contributed by atoms with Gasteiger partial charge < -0.3 is 10.6 Å². The summed E-state index contributed by atoms with van der Waals surface area (Å²) in [5, 5.41) is 0. The standard InChI is InChI=1S/C15H24N2/c1-13-6-8-14(9-7-13)15(12-16)17-10-4-2-3-5-11-17/h6-9,15H,2-5,10-12,16H2,1H3/p+2/t15-/m0/s1. The van der Waals surface area contributed by atoms with E-state index < -0.39 is 0 Å². The average Bonchev–Trinajstić information content (AvgIpc) is 2.62. The Labute approximate surface area is 105 Å². The molecule has 0 radical (unpaired) electrons. The van der Waals surface area contributed by atoms with Crippen LogP contribution in [0.4, 0.5) is 0 Å². The molecule has 2 heteroatoms. The van der Waals surface area contributed by atoms with Gasteiger partial charge in [0.05, 0.1) is 13.1 Å². The Balaban J connectivity index is 2.11. The number of quaternary nitrogens is 2. The Morgan fingerprint density at radius 1 is 1.06 bits per heavy atom. The molecule has 1 heterocycles. The molecule has 1 aromatic rings. The number of hydrogen-bond acceptors (Lipinski definition) is 0. The van der Waals surface area contributed by atoms with Crippen LogP contribution >= 0.6 is 0 Å². The average molecular weight is 234 g/mol. The first kappa shape index (κ1) is 12.6. The normalized spacial score (nSPS) is 19.9. The van der Waals surface area contributed by atoms with Gasteiger partial charge >= 0.3 is 0 Å². The Kier molecular flexibility index (Phi) is 4.57. The van der Waals surface area contributed by atoms with E-state index in [1.807, 2.05) is 0 Å². The second-order valence-corrected chi connectivity index (χ2v) is 5.32. The van der Waals surface area contributed by atoms with Gasteiger partial charge in [0.2, 0.25) is 0 Å². The van der Waals surface area contributed by atoms with Crippen LogP contribution in [0.3, 0.4) is 0 Å². The van der Waals surface area contributed by atoms with Crippen LogP contribution in [0.2, 0.25) is 0 Å². The number of benzene rings is 1. The van der Waals surface area contributed by atoms with Crippen LogP contribution in [0, 0.1) is 6.92 Å². The molecule has 0 saturated carbocycles. The minimum Gasteiger partial charge on any atom is -0.352 e. The summed E-state index contributed by atoms with van der Waals surface area (Å²) in [5.41, 5.74) is 6.99. The smallest absolute Gasteiger partial charge is 0.162 e. The summed E-state index contributed by atoms with van der Waals surface area (Å²) in [6, 6.07) is 9.66. The lowest BCUT2D eigenvalue weighted by molar-refractivity contribution is -0.937. The van der Waals surface area contributed by atoms with Gasteiger partial charge in [-0.3, -0.25) is 0 Å². The molecular formula is C15H26N2+2. The first-order valence-corrected chi connectivity index (χ1v) is 7.01. The Morgan fingerprint density at radius 2 is 1.65 bits per heavy atom. The van der Waals surface area contributed by atoms with Crippen LogP contribution in [0.25, 0.3) is 0 Å². The van der Waals surface area contributed by atoms with Crippen LogP contribution < -0.4 is 10.6 Å². The fourth-order valence-electron chi connectivity index (χ4n) is 2.94. The maximum Gasteiger partial charge on any atom is 0.162 e. The van der Waals surface area contributed by atoms with Crippen molar-refractivity contribution in [3.63, 3.8) is 0 Å². The first-order valence-electron chi connectivity index (χ1n) is 7.01. The summed E-state index contributed by atoms with van der Waals surface area (Å²) in [6.45, 7) is 5.82. The van der Waals surface area contributed by atoms with E-state index in [4.69, 9.17) is 0 Å². The summed E-state index contributed by atoms with van der Waals surface area (Å²) in [4.78, 5) is 1.75. The molecule has 17 heavy (non-hydrogen) atoms. The van der Waals surface area contributed by atoms with Crippen LogP contribution in [0.15, 0.2) is 24.3 Å². The van der Waals surface area contributed by atoms with Gasteiger partial charge in [0.25, 0.3) is 0 Å². The molecule has 0 aliphatic carbocycles. The highest BCUT2D eigenvalue weighted by atomic mass is 15.2. The molecule has 0 spiro atoms. The van der Waals surface area contributed by atoms with Gasteiger partial charge in [-0.05, 0) is 32.6 Å². The van der Waals surface area contributed by atoms with E-state index in [9.17, 15) is 0 Å². The molecule has 0 aromatic heterocycles. The molecule has 0 amide bonds. The highest BCUT2D eigenvalue weighted by Crippen LogP contribution is 2.11. The minimum absolute atomic E-state index is 0.605. The largest absolute Gasteiger partial charge is 0.352 e. The van der Waals surface area contributed by atoms with E-state index >= 15 is 0 Å². The predicted molar refractivity (Wildman–Crippen MR) is 70.8 cm³/mol. The zero-order chi connectivity index (χ0) is 12.1. The van der Waals surface area contributed by atoms with Gasteiger partial charge in [-0.2, -0.15) is 0 Å². The van der Waals surface area contributed by atoms with E-state index in [0.29, 0.717) is 6.04 Å². The summed E-state index contributed by atoms with van der Waals surface area (Å²) >= 11 is 0. The van der Waals surface area contributed by atoms with E-state index in [1.165, 1.54) is 49.9 Å². The SMILES string of the molecule is Cc1ccc([C@H](C[NH3+])[NH+]2CCCCCC2)cc1. The Morgan fingerprint density at radius 3 is 2.18 bits per heavy atom. The van der Waals surface area contributed by atoms with Crippen molar-refractivity contribution < 1.29 is 10.6 Å². The lowest BCUT2D eigenvalue weighted by atomic mass is 10.0. The quantitative estimate of drug-likeness (QED) is 0.773. The van der Waals surface area contributed by atoms with Crippen molar-refractivity contribution in [2.75, 3.05) is 19.6 Å². The topological polar surface area (TPSA) is 32.1 Å². The van der Waals surface area contributed by atoms with E-state index in [1.54, 1.807) is 4.90 Å². The third-order valence-corrected chi connectivity index (χ3v) is 4.01. The number of hydrogen-bond donors (Lipinski definition) is 2. The van der Waals surface area contributed by atoms with Crippen molar-refractivity contribution in [3.8, 4) is 0 Å². The Hall–Kier alpha value is -0.860. The minimum atomic E-state index is 0.605. The number of likely N-dealkylation sites (tertiary alicyclic amines) is 1. The summed E-state index contributed by atoms with van der Waals surface area (Å²) in [5.74, 6) is 0. The van der Waals surface area contributed by atoms with Gasteiger partial charge in [0.1, 0.15) is 6.54 Å². The molecular weight excluding hydrogens is 208 g/mol. The summed E-state index contributed by atoms with van der Waals surface area (Å²) in [6.07, 6.45) is 5.61. The summed E-state index contributed by atoms with van der Waals surface area (Å²) in [7, 11) is 0. The third-order valence-electron chi connectivity index (χ3n) is 4.01. The first-order chi connectivity index (χ1) is 8.31. The monoisotopic (exact) mass is 234 g/mol. The fraction of sp³-hybridized carbons (Fsp3) is 0.600. The molecule has 0 bridgehead atoms. The van der Waals surface area contributed by atoms with Crippen molar-refractivity contribution in [3.05, 3.63) is 35.4 Å². The summed E-state index contributed by atoms with van der Waals surface area (Å²) < 4.78 is 0. The van der Waals surface area contributed by atoms with Crippen LogP contribution in [0.5, 0.6) is 0 Å². The molecule has 0 unspecified atom stereocenters. The molecule has 1 aromatic carbocycles. The lowest BCUT2D eigenvalue weighted by Gasteiger charge is -2.25. The second kappa shape index (κ2) is 6.18. The third kappa shape index (κ3) is 3.30.